The van der Waals surface area contributed by atoms with Gasteiger partial charge >= 0.3 is 0 Å². The van der Waals surface area contributed by atoms with Crippen LogP contribution in [0.3, 0.4) is 0 Å². The number of guanidine groups is 1. The fourth-order valence-electron chi connectivity index (χ4n) is 2.05. The predicted molar refractivity (Wildman–Crippen MR) is 93.5 cm³/mol. The van der Waals surface area contributed by atoms with Crippen LogP contribution in [-0.2, 0) is 6.54 Å². The van der Waals surface area contributed by atoms with E-state index in [2.05, 4.69) is 10.1 Å². The fourth-order valence-corrected chi connectivity index (χ4v) is 2.05. The maximum atomic E-state index is 5.94. The number of benzene rings is 1. The fraction of sp³-hybridized carbons (Fsp3) is 0.333. The van der Waals surface area contributed by atoms with E-state index in [1.54, 1.807) is 0 Å². The normalized spacial score (nSPS) is 14.6. The van der Waals surface area contributed by atoms with Gasteiger partial charge in [-0.3, -0.25) is 0 Å². The second-order valence-corrected chi connectivity index (χ2v) is 5.06. The van der Waals surface area contributed by atoms with Gasteiger partial charge in [-0.15, -0.1) is 24.0 Å². The summed E-state index contributed by atoms with van der Waals surface area (Å²) in [6.45, 7) is 0.419. The molecule has 1 aromatic carbocycles. The number of hydrogen-bond acceptors (Lipinski definition) is 3. The Kier molecular flexibility index (Phi) is 5.22. The Labute approximate surface area is 141 Å². The molecule has 1 fully saturated rings. The Bertz CT molecular complexity index is 607. The van der Waals surface area contributed by atoms with Gasteiger partial charge < -0.3 is 15.2 Å². The zero-order valence-corrected chi connectivity index (χ0v) is 14.2. The van der Waals surface area contributed by atoms with Crippen LogP contribution < -0.4 is 5.73 Å². The first kappa shape index (κ1) is 15.8. The molecule has 3 rings (SSSR count). The topological polar surface area (TPSA) is 67.7 Å². The number of aliphatic imine (C=N–C) groups is 1. The van der Waals surface area contributed by atoms with Crippen molar-refractivity contribution in [3.63, 3.8) is 0 Å². The maximum Gasteiger partial charge on any atom is 0.191 e. The maximum absolute atomic E-state index is 5.94. The van der Waals surface area contributed by atoms with E-state index in [-0.39, 0.29) is 24.0 Å². The molecule has 2 aromatic rings. The summed E-state index contributed by atoms with van der Waals surface area (Å²) in [5.41, 5.74) is 7.80. The lowest BCUT2D eigenvalue weighted by Gasteiger charge is -2.16. The molecular formula is C15H19IN4O. The van der Waals surface area contributed by atoms with E-state index < -0.39 is 0 Å². The van der Waals surface area contributed by atoms with Gasteiger partial charge in [0.25, 0.3) is 0 Å². The summed E-state index contributed by atoms with van der Waals surface area (Å²) in [4.78, 5) is 6.37. The van der Waals surface area contributed by atoms with E-state index in [1.165, 1.54) is 12.8 Å². The highest BCUT2D eigenvalue weighted by atomic mass is 127. The molecule has 0 radical (unpaired) electrons. The number of halogens is 1. The van der Waals surface area contributed by atoms with Gasteiger partial charge in [0.2, 0.25) is 0 Å². The van der Waals surface area contributed by atoms with E-state index >= 15 is 0 Å². The average Bonchev–Trinajstić information content (AvgIpc) is 3.23. The molecule has 0 amide bonds. The number of rotatable bonds is 4. The van der Waals surface area contributed by atoms with Crippen molar-refractivity contribution in [3.05, 3.63) is 42.2 Å². The number of nitrogens with zero attached hydrogens (tertiary/aromatic N) is 3. The van der Waals surface area contributed by atoms with Gasteiger partial charge in [0.1, 0.15) is 12.2 Å². The molecule has 0 spiro atoms. The molecule has 2 N–H and O–H groups in total. The van der Waals surface area contributed by atoms with Crippen molar-refractivity contribution in [1.82, 2.24) is 10.1 Å². The Morgan fingerprint density at radius 1 is 1.38 bits per heavy atom. The predicted octanol–water partition coefficient (Wildman–Crippen LogP) is 2.87. The van der Waals surface area contributed by atoms with Crippen LogP contribution in [0.1, 0.15) is 18.6 Å². The Balaban J connectivity index is 0.00000161. The van der Waals surface area contributed by atoms with E-state index in [4.69, 9.17) is 10.3 Å². The summed E-state index contributed by atoms with van der Waals surface area (Å²) in [6, 6.07) is 12.4. The number of hydrogen-bond donors (Lipinski definition) is 1. The monoisotopic (exact) mass is 398 g/mol. The summed E-state index contributed by atoms with van der Waals surface area (Å²) in [5.74, 6) is 1.28. The Morgan fingerprint density at radius 2 is 2.10 bits per heavy atom. The van der Waals surface area contributed by atoms with Gasteiger partial charge in [0, 0.05) is 24.7 Å². The van der Waals surface area contributed by atoms with Gasteiger partial charge in [-0.1, -0.05) is 35.5 Å². The summed E-state index contributed by atoms with van der Waals surface area (Å²) in [7, 11) is 1.98. The summed E-state index contributed by atoms with van der Waals surface area (Å²) in [5, 5.41) is 4.06. The molecule has 1 aliphatic rings. The van der Waals surface area contributed by atoms with Gasteiger partial charge in [0.15, 0.2) is 11.7 Å². The molecule has 1 aromatic heterocycles. The van der Waals surface area contributed by atoms with E-state index in [0.717, 1.165) is 17.0 Å². The molecule has 21 heavy (non-hydrogen) atoms. The Morgan fingerprint density at radius 3 is 2.76 bits per heavy atom. The molecule has 0 aliphatic heterocycles. The molecular weight excluding hydrogens is 379 g/mol. The summed E-state index contributed by atoms with van der Waals surface area (Å²) >= 11 is 0. The molecule has 1 aliphatic carbocycles. The van der Waals surface area contributed by atoms with E-state index in [0.29, 0.717) is 18.5 Å². The summed E-state index contributed by atoms with van der Waals surface area (Å²) in [6.07, 6.45) is 2.40. The molecule has 6 heteroatoms. The lowest BCUT2D eigenvalue weighted by atomic mass is 10.1. The number of aromatic nitrogens is 1. The van der Waals surface area contributed by atoms with E-state index in [9.17, 15) is 0 Å². The lowest BCUT2D eigenvalue weighted by Crippen LogP contribution is -2.35. The molecule has 0 saturated heterocycles. The second-order valence-electron chi connectivity index (χ2n) is 5.06. The summed E-state index contributed by atoms with van der Waals surface area (Å²) < 4.78 is 5.29. The highest BCUT2D eigenvalue weighted by molar-refractivity contribution is 14.0. The zero-order chi connectivity index (χ0) is 13.9. The molecule has 5 nitrogen and oxygen atoms in total. The molecule has 1 heterocycles. The minimum Gasteiger partial charge on any atom is -0.370 e. The van der Waals surface area contributed by atoms with Crippen LogP contribution in [0.4, 0.5) is 0 Å². The van der Waals surface area contributed by atoms with Crippen molar-refractivity contribution < 1.29 is 4.52 Å². The SMILES string of the molecule is CN(C(N)=NCc1cc(-c2ccccc2)no1)C1CC1.I. The highest BCUT2D eigenvalue weighted by Gasteiger charge is 2.27. The van der Waals surface area contributed by atoms with Crippen LogP contribution in [-0.4, -0.2) is 29.1 Å². The van der Waals surface area contributed by atoms with Gasteiger partial charge in [-0.25, -0.2) is 4.99 Å². The zero-order valence-electron chi connectivity index (χ0n) is 11.9. The molecule has 112 valence electrons. The smallest absolute Gasteiger partial charge is 0.191 e. The first-order chi connectivity index (χ1) is 9.74. The third-order valence-electron chi connectivity index (χ3n) is 3.48. The molecule has 0 atom stereocenters. The lowest BCUT2D eigenvalue weighted by molar-refractivity contribution is 0.386. The van der Waals surface area contributed by atoms with Crippen molar-refractivity contribution in [2.24, 2.45) is 10.7 Å². The highest BCUT2D eigenvalue weighted by Crippen LogP contribution is 2.25. The van der Waals surface area contributed by atoms with Crippen LogP contribution in [0.15, 0.2) is 45.9 Å². The number of nitrogens with two attached hydrogens (primary N) is 1. The van der Waals surface area contributed by atoms with Crippen molar-refractivity contribution in [2.75, 3.05) is 7.05 Å². The van der Waals surface area contributed by atoms with Crippen molar-refractivity contribution in [3.8, 4) is 11.3 Å². The average molecular weight is 398 g/mol. The van der Waals surface area contributed by atoms with Crippen LogP contribution in [0, 0.1) is 0 Å². The molecule has 1 saturated carbocycles. The van der Waals surface area contributed by atoms with Crippen molar-refractivity contribution in [2.45, 2.75) is 25.4 Å². The Hall–Kier alpha value is -1.57. The third-order valence-corrected chi connectivity index (χ3v) is 3.48. The van der Waals surface area contributed by atoms with Crippen molar-refractivity contribution in [1.29, 1.82) is 0 Å². The van der Waals surface area contributed by atoms with Gasteiger partial charge in [0.05, 0.1) is 0 Å². The minimum absolute atomic E-state index is 0. The minimum atomic E-state index is 0. The standard InChI is InChI=1S/C15H18N4O.HI/c1-19(12-7-8-12)15(16)17-10-13-9-14(18-20-13)11-5-3-2-4-6-11;/h2-6,9,12H,7-8,10H2,1H3,(H2,16,17);1H. The largest absolute Gasteiger partial charge is 0.370 e. The molecule has 0 unspecified atom stereocenters. The van der Waals surface area contributed by atoms with Crippen LogP contribution in [0.5, 0.6) is 0 Å². The van der Waals surface area contributed by atoms with Gasteiger partial charge in [-0.2, -0.15) is 0 Å². The first-order valence-corrected chi connectivity index (χ1v) is 6.78. The first-order valence-electron chi connectivity index (χ1n) is 6.78. The van der Waals surface area contributed by atoms with Crippen molar-refractivity contribution >= 4 is 29.9 Å². The third kappa shape index (κ3) is 3.96. The van der Waals surface area contributed by atoms with Gasteiger partial charge in [-0.05, 0) is 12.8 Å². The van der Waals surface area contributed by atoms with E-state index in [1.807, 2.05) is 48.3 Å². The molecule has 0 bridgehead atoms. The van der Waals surface area contributed by atoms with Crippen LogP contribution >= 0.6 is 24.0 Å². The van der Waals surface area contributed by atoms with Crippen LogP contribution in [0.2, 0.25) is 0 Å². The quantitative estimate of drug-likeness (QED) is 0.489. The second kappa shape index (κ2) is 6.93. The van der Waals surface area contributed by atoms with Crippen LogP contribution in [0.25, 0.3) is 11.3 Å².